The van der Waals surface area contributed by atoms with Crippen LogP contribution in [-0.4, -0.2) is 56.7 Å². The average molecular weight is 377 g/mol. The summed E-state index contributed by atoms with van der Waals surface area (Å²) in [5.74, 6) is 1.77. The number of benzene rings is 1. The van der Waals surface area contributed by atoms with E-state index >= 15 is 0 Å². The minimum absolute atomic E-state index is 0.00787. The molecule has 26 heavy (non-hydrogen) atoms. The first-order valence-electron chi connectivity index (χ1n) is 8.16. The van der Waals surface area contributed by atoms with Crippen LogP contribution in [0.5, 0.6) is 11.5 Å². The molecule has 0 radical (unpaired) electrons. The van der Waals surface area contributed by atoms with Crippen LogP contribution < -0.4 is 20.1 Å². The zero-order chi connectivity index (χ0) is 18.8. The van der Waals surface area contributed by atoms with E-state index < -0.39 is 0 Å². The topological polar surface area (TPSA) is 76.0 Å². The summed E-state index contributed by atoms with van der Waals surface area (Å²) < 4.78 is 15.3. The average Bonchev–Trinajstić information content (AvgIpc) is 3.23. The van der Waals surface area contributed by atoms with Crippen molar-refractivity contribution in [2.24, 2.45) is 0 Å². The summed E-state index contributed by atoms with van der Waals surface area (Å²) in [6, 6.07) is 8.99. The van der Waals surface area contributed by atoms with Gasteiger partial charge >= 0.3 is 0 Å². The quantitative estimate of drug-likeness (QED) is 0.775. The third kappa shape index (κ3) is 5.21. The number of methoxy groups -OCH3 is 2. The van der Waals surface area contributed by atoms with Crippen LogP contribution in [0, 0.1) is 0 Å². The zero-order valence-corrected chi connectivity index (χ0v) is 15.7. The van der Waals surface area contributed by atoms with Crippen molar-refractivity contribution in [2.45, 2.75) is 0 Å². The largest absolute Gasteiger partial charge is 0.493 e. The molecule has 0 spiro atoms. The van der Waals surface area contributed by atoms with Crippen LogP contribution >= 0.6 is 12.2 Å². The van der Waals surface area contributed by atoms with Crippen LogP contribution in [0.3, 0.4) is 0 Å². The van der Waals surface area contributed by atoms with Crippen molar-refractivity contribution >= 4 is 29.3 Å². The number of amides is 1. The highest BCUT2D eigenvalue weighted by atomic mass is 32.1. The van der Waals surface area contributed by atoms with E-state index in [4.69, 9.17) is 13.9 Å². The van der Waals surface area contributed by atoms with Crippen molar-refractivity contribution in [3.63, 3.8) is 0 Å². The van der Waals surface area contributed by atoms with Crippen molar-refractivity contribution in [1.82, 2.24) is 10.2 Å². The Hall–Kier alpha value is -2.58. The highest BCUT2D eigenvalue weighted by Crippen LogP contribution is 2.34. The van der Waals surface area contributed by atoms with Gasteiger partial charge < -0.3 is 29.4 Å². The molecule has 0 bridgehead atoms. The zero-order valence-electron chi connectivity index (χ0n) is 14.9. The van der Waals surface area contributed by atoms with Crippen LogP contribution in [0.2, 0.25) is 0 Å². The Kier molecular flexibility index (Phi) is 7.91. The van der Waals surface area contributed by atoms with E-state index in [1.54, 1.807) is 31.3 Å². The maximum atomic E-state index is 11.7. The molecule has 1 fully saturated rings. The molecule has 140 valence electrons. The molecule has 2 N–H and O–H groups in total. The molecule has 0 saturated carbocycles. The second-order valence-corrected chi connectivity index (χ2v) is 5.56. The Bertz CT molecular complexity index is 700. The van der Waals surface area contributed by atoms with Gasteiger partial charge in [-0.25, -0.2) is 0 Å². The number of anilines is 1. The van der Waals surface area contributed by atoms with Crippen LogP contribution in [0.15, 0.2) is 41.0 Å². The van der Waals surface area contributed by atoms with Crippen molar-refractivity contribution in [1.29, 1.82) is 0 Å². The lowest BCUT2D eigenvalue weighted by atomic mass is 10.2. The van der Waals surface area contributed by atoms with Crippen molar-refractivity contribution in [2.75, 3.05) is 45.7 Å². The molecule has 0 unspecified atom stereocenters. The first-order chi connectivity index (χ1) is 12.7. The minimum Gasteiger partial charge on any atom is -0.493 e. The Labute approximate surface area is 158 Å². The summed E-state index contributed by atoms with van der Waals surface area (Å²) in [6.07, 6.45) is 1.52. The standard InChI is InChI=1S/C9H12N2O2.C9H11NO2S/c12-9(8-2-1-7-13-8)11-5-3-10-4-6-11;1-11-8-5-3-4-7(10-6-13)9(8)12-2/h1-2,7,10H,3-6H2;3-6H,1-2H3,(H,10,13). The Morgan fingerprint density at radius 3 is 2.58 bits per heavy atom. The first-order valence-corrected chi connectivity index (χ1v) is 8.63. The van der Waals surface area contributed by atoms with Gasteiger partial charge in [-0.15, -0.1) is 0 Å². The number of para-hydroxylation sites is 1. The number of hydrogen-bond acceptors (Lipinski definition) is 6. The van der Waals surface area contributed by atoms with Gasteiger partial charge in [-0.1, -0.05) is 18.3 Å². The van der Waals surface area contributed by atoms with Gasteiger partial charge in [0.25, 0.3) is 5.91 Å². The third-order valence-corrected chi connectivity index (χ3v) is 3.87. The summed E-state index contributed by atoms with van der Waals surface area (Å²) in [7, 11) is 3.19. The molecule has 2 heterocycles. The third-order valence-electron chi connectivity index (χ3n) is 3.75. The van der Waals surface area contributed by atoms with Gasteiger partial charge in [-0.3, -0.25) is 4.79 Å². The van der Waals surface area contributed by atoms with Crippen molar-refractivity contribution in [3.8, 4) is 11.5 Å². The van der Waals surface area contributed by atoms with Crippen LogP contribution in [0.1, 0.15) is 10.6 Å². The van der Waals surface area contributed by atoms with Crippen molar-refractivity contribution < 1.29 is 18.7 Å². The number of carbonyl (C=O) groups is 1. The molecular weight excluding hydrogens is 354 g/mol. The van der Waals surface area contributed by atoms with Gasteiger partial charge in [0.2, 0.25) is 0 Å². The SMILES string of the molecule is COc1cccc(NC=S)c1OC.O=C(c1ccco1)N1CCNCC1. The Morgan fingerprint density at radius 2 is 2.00 bits per heavy atom. The molecule has 8 heteroatoms. The van der Waals surface area contributed by atoms with Gasteiger partial charge in [0.1, 0.15) is 0 Å². The summed E-state index contributed by atoms with van der Waals surface area (Å²) >= 11 is 4.69. The molecule has 1 aliphatic rings. The summed E-state index contributed by atoms with van der Waals surface area (Å²) in [5, 5.41) is 6.08. The molecule has 7 nitrogen and oxygen atoms in total. The molecule has 1 aliphatic heterocycles. The highest BCUT2D eigenvalue weighted by Gasteiger charge is 2.19. The predicted octanol–water partition coefficient (Wildman–Crippen LogP) is 2.40. The van der Waals surface area contributed by atoms with Crippen LogP contribution in [0.25, 0.3) is 0 Å². The number of furan rings is 1. The fourth-order valence-electron chi connectivity index (χ4n) is 2.49. The van der Waals surface area contributed by atoms with E-state index in [9.17, 15) is 4.79 Å². The maximum absolute atomic E-state index is 11.7. The summed E-state index contributed by atoms with van der Waals surface area (Å²) in [4.78, 5) is 13.5. The van der Waals surface area contributed by atoms with E-state index in [1.165, 1.54) is 11.8 Å². The number of hydrogen-bond donors (Lipinski definition) is 2. The predicted molar refractivity (Wildman–Crippen MR) is 104 cm³/mol. The molecule has 0 aliphatic carbocycles. The lowest BCUT2D eigenvalue weighted by molar-refractivity contribution is 0.0703. The van der Waals surface area contributed by atoms with Crippen LogP contribution in [0.4, 0.5) is 5.69 Å². The maximum Gasteiger partial charge on any atom is 0.289 e. The van der Waals surface area contributed by atoms with Crippen molar-refractivity contribution in [3.05, 3.63) is 42.4 Å². The summed E-state index contributed by atoms with van der Waals surface area (Å²) in [5.41, 5.74) is 2.23. The second-order valence-electron chi connectivity index (χ2n) is 5.32. The lowest BCUT2D eigenvalue weighted by Gasteiger charge is -2.26. The van der Waals surface area contributed by atoms with E-state index in [0.717, 1.165) is 31.9 Å². The van der Waals surface area contributed by atoms with Gasteiger partial charge in [-0.2, -0.15) is 0 Å². The summed E-state index contributed by atoms with van der Waals surface area (Å²) in [6.45, 7) is 3.26. The van der Waals surface area contributed by atoms with E-state index in [-0.39, 0.29) is 5.91 Å². The number of carbonyl (C=O) groups excluding carboxylic acids is 1. The Balaban J connectivity index is 0.000000187. The lowest BCUT2D eigenvalue weighted by Crippen LogP contribution is -2.46. The van der Waals surface area contributed by atoms with Gasteiger partial charge in [0.15, 0.2) is 17.3 Å². The van der Waals surface area contributed by atoms with E-state index in [1.807, 2.05) is 18.2 Å². The number of thiocarbonyl (C=S) groups is 1. The molecule has 0 atom stereocenters. The van der Waals surface area contributed by atoms with Gasteiger partial charge in [0, 0.05) is 26.2 Å². The number of ether oxygens (including phenoxy) is 2. The number of rotatable bonds is 5. The molecule has 2 aromatic rings. The molecular formula is C18H23N3O4S. The fraction of sp³-hybridized carbons (Fsp3) is 0.333. The fourth-order valence-corrected chi connectivity index (χ4v) is 2.62. The van der Waals surface area contributed by atoms with E-state index in [2.05, 4.69) is 22.9 Å². The smallest absolute Gasteiger partial charge is 0.289 e. The molecule has 1 aromatic heterocycles. The highest BCUT2D eigenvalue weighted by molar-refractivity contribution is 7.79. The van der Waals surface area contributed by atoms with Crippen LogP contribution in [-0.2, 0) is 0 Å². The number of piperazine rings is 1. The first kappa shape index (κ1) is 19.7. The van der Waals surface area contributed by atoms with Gasteiger partial charge in [0.05, 0.1) is 31.7 Å². The molecule has 3 rings (SSSR count). The van der Waals surface area contributed by atoms with E-state index in [0.29, 0.717) is 17.3 Å². The monoisotopic (exact) mass is 377 g/mol. The molecule has 1 amide bonds. The minimum atomic E-state index is -0.00787. The normalized spacial score (nSPS) is 13.2. The Morgan fingerprint density at radius 1 is 1.23 bits per heavy atom. The van der Waals surface area contributed by atoms with Gasteiger partial charge in [-0.05, 0) is 24.3 Å². The second kappa shape index (κ2) is 10.4. The number of nitrogens with one attached hydrogen (secondary N) is 2. The molecule has 1 aromatic carbocycles. The number of nitrogens with zero attached hydrogens (tertiary/aromatic N) is 1. The molecule has 1 saturated heterocycles.